The Morgan fingerprint density at radius 3 is 2.59 bits per heavy atom. The minimum Gasteiger partial charge on any atom is -0.489 e. The molecule has 2 aromatic heterocycles. The Kier molecular flexibility index (Phi) is 6.34. The fraction of sp³-hybridized carbons (Fsp3) is 0.320. The van der Waals surface area contributed by atoms with Gasteiger partial charge in [0.05, 0.1) is 21.3 Å². The number of nitrogens with zero attached hydrogens (tertiary/aromatic N) is 3. The van der Waals surface area contributed by atoms with Crippen LogP contribution >= 0.6 is 23.2 Å². The smallest absolute Gasteiger partial charge is 0.128 e. The molecule has 0 bridgehead atoms. The summed E-state index contributed by atoms with van der Waals surface area (Å²) in [5.41, 5.74) is 9.15. The van der Waals surface area contributed by atoms with Gasteiger partial charge in [-0.2, -0.15) is 0 Å². The molecule has 4 N–H and O–H groups in total. The summed E-state index contributed by atoms with van der Waals surface area (Å²) in [6.45, 7) is 3.24. The number of anilines is 2. The second-order valence-corrected chi connectivity index (χ2v) is 9.73. The summed E-state index contributed by atoms with van der Waals surface area (Å²) < 4.78 is 5.89. The molecule has 9 heteroatoms. The largest absolute Gasteiger partial charge is 0.489 e. The Hall–Kier alpha value is -2.87. The molecule has 0 amide bonds. The lowest BCUT2D eigenvalue weighted by atomic mass is 9.82. The molecular formula is C25H26Cl2N6O. The molecule has 0 radical (unpaired) electrons. The normalized spacial score (nSPS) is 16.8. The van der Waals surface area contributed by atoms with Crippen molar-refractivity contribution < 1.29 is 4.74 Å². The van der Waals surface area contributed by atoms with Crippen LogP contribution in [0.3, 0.4) is 0 Å². The van der Waals surface area contributed by atoms with Crippen LogP contribution in [-0.2, 0) is 6.61 Å². The number of halogens is 2. The summed E-state index contributed by atoms with van der Waals surface area (Å²) in [5, 5.41) is 13.3. The van der Waals surface area contributed by atoms with Gasteiger partial charge < -0.3 is 20.7 Å². The molecular weight excluding hydrogens is 471 g/mol. The zero-order chi connectivity index (χ0) is 23.7. The maximum absolute atomic E-state index is 8.72. The number of pyridine rings is 2. The van der Waals surface area contributed by atoms with Gasteiger partial charge in [-0.25, -0.2) is 4.98 Å². The number of nitrogens with one attached hydrogen (secondary N) is 2. The fourth-order valence-electron chi connectivity index (χ4n) is 4.60. The molecule has 1 spiro atoms. The van der Waals surface area contributed by atoms with Crippen molar-refractivity contribution >= 4 is 40.4 Å². The molecule has 7 nitrogen and oxygen atoms in total. The molecule has 1 aromatic carbocycles. The first-order valence-corrected chi connectivity index (χ1v) is 12.1. The molecule has 2 saturated heterocycles. The third-order valence-electron chi connectivity index (χ3n) is 6.56. The molecule has 4 heterocycles. The van der Waals surface area contributed by atoms with Gasteiger partial charge >= 0.3 is 0 Å². The van der Waals surface area contributed by atoms with Crippen LogP contribution in [0.2, 0.25) is 10.0 Å². The van der Waals surface area contributed by atoms with Crippen molar-refractivity contribution in [3.05, 3.63) is 75.7 Å². The minimum absolute atomic E-state index is 0.180. The maximum atomic E-state index is 8.72. The molecule has 0 aliphatic carbocycles. The first-order chi connectivity index (χ1) is 16.4. The predicted molar refractivity (Wildman–Crippen MR) is 136 cm³/mol. The van der Waals surface area contributed by atoms with E-state index in [0.29, 0.717) is 38.2 Å². The van der Waals surface area contributed by atoms with Gasteiger partial charge in [0, 0.05) is 54.1 Å². The molecule has 0 atom stereocenters. The van der Waals surface area contributed by atoms with E-state index in [-0.39, 0.29) is 17.9 Å². The third-order valence-corrected chi connectivity index (χ3v) is 7.21. The van der Waals surface area contributed by atoms with Gasteiger partial charge in [0.1, 0.15) is 18.2 Å². The highest BCUT2D eigenvalue weighted by Gasteiger charge is 2.43. The van der Waals surface area contributed by atoms with E-state index in [1.807, 2.05) is 12.1 Å². The Morgan fingerprint density at radius 1 is 1.12 bits per heavy atom. The van der Waals surface area contributed by atoms with Crippen LogP contribution in [-0.4, -0.2) is 40.9 Å². The van der Waals surface area contributed by atoms with E-state index in [1.165, 1.54) is 31.7 Å². The summed E-state index contributed by atoms with van der Waals surface area (Å²) in [7, 11) is 0. The average molecular weight is 497 g/mol. The van der Waals surface area contributed by atoms with Crippen LogP contribution in [0.1, 0.15) is 36.0 Å². The lowest BCUT2D eigenvalue weighted by Gasteiger charge is -2.53. The molecule has 0 unspecified atom stereocenters. The van der Waals surface area contributed by atoms with Crippen LogP contribution in [0.4, 0.5) is 11.5 Å². The first-order valence-electron chi connectivity index (χ1n) is 11.3. The highest BCUT2D eigenvalue weighted by atomic mass is 35.5. The molecule has 2 aliphatic rings. The fourth-order valence-corrected chi connectivity index (χ4v) is 5.07. The van der Waals surface area contributed by atoms with Crippen molar-refractivity contribution in [1.82, 2.24) is 15.3 Å². The summed E-state index contributed by atoms with van der Waals surface area (Å²) in [6, 6.07) is 9.14. The summed E-state index contributed by atoms with van der Waals surface area (Å²) in [4.78, 5) is 10.9. The first kappa shape index (κ1) is 22.9. The van der Waals surface area contributed by atoms with E-state index < -0.39 is 0 Å². The van der Waals surface area contributed by atoms with E-state index in [0.717, 1.165) is 25.5 Å². The number of ether oxygens (including phenoxy) is 1. The van der Waals surface area contributed by atoms with Crippen LogP contribution in [0.5, 0.6) is 5.75 Å². The monoisotopic (exact) mass is 496 g/mol. The van der Waals surface area contributed by atoms with E-state index in [2.05, 4.69) is 20.2 Å². The van der Waals surface area contributed by atoms with Crippen LogP contribution < -0.4 is 20.7 Å². The Morgan fingerprint density at radius 2 is 1.91 bits per heavy atom. The number of aromatic nitrogens is 2. The molecule has 2 fully saturated rings. The summed E-state index contributed by atoms with van der Waals surface area (Å²) >= 11 is 12.4. The standard InChI is InChI=1S/C25H26Cl2N6O/c26-20-11-30-12-21(27)19(20)13-34-17-4-5-22(28)18(9-17)24(29)16-3-6-23(31-10-16)33-14-25(15-33)7-1-2-8-32-25/h3-6,9-12,29,32H,1-2,7-8,13-15,28H2. The van der Waals surface area contributed by atoms with E-state index >= 15 is 0 Å². The van der Waals surface area contributed by atoms with Crippen molar-refractivity contribution in [3.8, 4) is 5.75 Å². The lowest BCUT2D eigenvalue weighted by Crippen LogP contribution is -2.70. The van der Waals surface area contributed by atoms with Crippen molar-refractivity contribution in [2.75, 3.05) is 30.3 Å². The van der Waals surface area contributed by atoms with Gasteiger partial charge in [0.15, 0.2) is 0 Å². The molecule has 3 aromatic rings. The number of piperidine rings is 1. The van der Waals surface area contributed by atoms with Gasteiger partial charge in [-0.3, -0.25) is 10.4 Å². The van der Waals surface area contributed by atoms with E-state index in [9.17, 15) is 0 Å². The zero-order valence-corrected chi connectivity index (χ0v) is 20.2. The summed E-state index contributed by atoms with van der Waals surface area (Å²) in [5.74, 6) is 1.50. The SMILES string of the molecule is N=C(c1ccc(N2CC3(CCCCN3)C2)nc1)c1cc(OCc2c(Cl)cncc2Cl)ccc1N. The maximum Gasteiger partial charge on any atom is 0.128 e. The van der Waals surface area contributed by atoms with E-state index in [1.54, 1.807) is 24.4 Å². The number of hydrogen-bond donors (Lipinski definition) is 3. The highest BCUT2D eigenvalue weighted by molar-refractivity contribution is 6.35. The predicted octanol–water partition coefficient (Wildman–Crippen LogP) is 4.69. The van der Waals surface area contributed by atoms with E-state index in [4.69, 9.17) is 39.1 Å². The van der Waals surface area contributed by atoms with Crippen molar-refractivity contribution in [3.63, 3.8) is 0 Å². The second kappa shape index (κ2) is 9.41. The van der Waals surface area contributed by atoms with Crippen LogP contribution in [0.25, 0.3) is 0 Å². The van der Waals surface area contributed by atoms with Gasteiger partial charge in [-0.1, -0.05) is 29.6 Å². The third kappa shape index (κ3) is 4.56. The number of nitrogen functional groups attached to an aromatic ring is 1. The highest BCUT2D eigenvalue weighted by Crippen LogP contribution is 2.33. The zero-order valence-electron chi connectivity index (χ0n) is 18.7. The lowest BCUT2D eigenvalue weighted by molar-refractivity contribution is 0.201. The Balaban J connectivity index is 1.27. The topological polar surface area (TPSA) is 100 Å². The van der Waals surface area contributed by atoms with Crippen molar-refractivity contribution in [1.29, 1.82) is 5.41 Å². The quantitative estimate of drug-likeness (QED) is 0.338. The average Bonchev–Trinajstić information content (AvgIpc) is 2.83. The van der Waals surface area contributed by atoms with Crippen LogP contribution in [0.15, 0.2) is 48.9 Å². The number of hydrogen-bond acceptors (Lipinski definition) is 7. The Bertz CT molecular complexity index is 1180. The number of nitrogens with two attached hydrogens (primary N) is 1. The Labute approximate surface area is 208 Å². The minimum atomic E-state index is 0.180. The molecule has 176 valence electrons. The summed E-state index contributed by atoms with van der Waals surface area (Å²) in [6.07, 6.45) is 8.57. The van der Waals surface area contributed by atoms with Crippen molar-refractivity contribution in [2.45, 2.75) is 31.4 Å². The molecule has 34 heavy (non-hydrogen) atoms. The number of rotatable bonds is 6. The molecule has 2 aliphatic heterocycles. The molecule has 0 saturated carbocycles. The van der Waals surface area contributed by atoms with Gasteiger partial charge in [-0.05, 0) is 49.7 Å². The molecule has 5 rings (SSSR count). The number of benzene rings is 1. The van der Waals surface area contributed by atoms with Crippen LogP contribution in [0, 0.1) is 5.41 Å². The van der Waals surface area contributed by atoms with Gasteiger partial charge in [0.2, 0.25) is 0 Å². The van der Waals surface area contributed by atoms with Crippen molar-refractivity contribution in [2.24, 2.45) is 0 Å². The van der Waals surface area contributed by atoms with Gasteiger partial charge in [0.25, 0.3) is 0 Å². The second-order valence-electron chi connectivity index (χ2n) is 8.92. The van der Waals surface area contributed by atoms with Gasteiger partial charge in [-0.15, -0.1) is 0 Å².